The van der Waals surface area contributed by atoms with E-state index in [1.54, 1.807) is 20.3 Å². The molecule has 0 amide bonds. The molecule has 1 fully saturated rings. The van der Waals surface area contributed by atoms with Crippen molar-refractivity contribution in [2.45, 2.75) is 18.4 Å². The maximum atomic E-state index is 9.76. The van der Waals surface area contributed by atoms with Gasteiger partial charge in [0.1, 0.15) is 6.61 Å². The second-order valence-corrected chi connectivity index (χ2v) is 4.98. The maximum Gasteiger partial charge on any atom is 0.204 e. The highest BCUT2D eigenvalue weighted by Crippen LogP contribution is 2.44. The summed E-state index contributed by atoms with van der Waals surface area (Å²) in [6, 6.07) is 3.62. The van der Waals surface area contributed by atoms with Gasteiger partial charge in [0.25, 0.3) is 0 Å². The van der Waals surface area contributed by atoms with E-state index in [2.05, 4.69) is 15.9 Å². The first-order chi connectivity index (χ1) is 8.09. The fourth-order valence-corrected chi connectivity index (χ4v) is 1.93. The first-order valence-electron chi connectivity index (χ1n) is 5.35. The highest BCUT2D eigenvalue weighted by Gasteiger charge is 2.41. The predicted molar refractivity (Wildman–Crippen MR) is 66.9 cm³/mol. The van der Waals surface area contributed by atoms with Crippen molar-refractivity contribution >= 4 is 15.9 Å². The van der Waals surface area contributed by atoms with Crippen molar-refractivity contribution < 1.29 is 19.3 Å². The molecule has 0 atom stereocenters. The molecule has 0 aromatic heterocycles. The third kappa shape index (κ3) is 2.66. The topological polar surface area (TPSA) is 47.9 Å². The molecule has 0 unspecified atom stereocenters. The smallest absolute Gasteiger partial charge is 0.204 e. The predicted octanol–water partition coefficient (Wildman–Crippen LogP) is 2.37. The molecule has 5 heteroatoms. The van der Waals surface area contributed by atoms with Crippen molar-refractivity contribution in [1.82, 2.24) is 0 Å². The summed E-state index contributed by atoms with van der Waals surface area (Å²) >= 11 is 3.40. The van der Waals surface area contributed by atoms with Gasteiger partial charge in [0.2, 0.25) is 5.75 Å². The van der Waals surface area contributed by atoms with E-state index in [0.717, 1.165) is 17.3 Å². The molecule has 1 aliphatic rings. The van der Waals surface area contributed by atoms with Gasteiger partial charge in [-0.2, -0.15) is 0 Å². The second-order valence-electron chi connectivity index (χ2n) is 4.13. The van der Waals surface area contributed by atoms with Crippen LogP contribution in [-0.2, 0) is 0 Å². The van der Waals surface area contributed by atoms with Crippen LogP contribution in [0.4, 0.5) is 0 Å². The van der Waals surface area contributed by atoms with Crippen LogP contribution in [0.2, 0.25) is 0 Å². The second kappa shape index (κ2) is 4.74. The third-order valence-corrected chi connectivity index (χ3v) is 3.39. The van der Waals surface area contributed by atoms with Gasteiger partial charge in [-0.3, -0.25) is 0 Å². The van der Waals surface area contributed by atoms with Crippen LogP contribution in [0.3, 0.4) is 0 Å². The number of aliphatic hydroxyl groups is 1. The number of hydrogen-bond donors (Lipinski definition) is 1. The van der Waals surface area contributed by atoms with Crippen LogP contribution in [-0.4, -0.2) is 31.5 Å². The molecular weight excluding hydrogens is 288 g/mol. The molecule has 1 saturated carbocycles. The minimum absolute atomic E-state index is 0.273. The molecule has 1 aromatic rings. The minimum Gasteiger partial charge on any atom is -0.493 e. The van der Waals surface area contributed by atoms with Crippen LogP contribution in [0, 0.1) is 0 Å². The Kier molecular flexibility index (Phi) is 3.49. The van der Waals surface area contributed by atoms with Crippen LogP contribution >= 0.6 is 15.9 Å². The van der Waals surface area contributed by atoms with Gasteiger partial charge in [0.05, 0.1) is 24.3 Å². The van der Waals surface area contributed by atoms with Gasteiger partial charge in [-0.05, 0) is 40.9 Å². The van der Waals surface area contributed by atoms with E-state index in [1.807, 2.05) is 6.07 Å². The molecule has 17 heavy (non-hydrogen) atoms. The van der Waals surface area contributed by atoms with Gasteiger partial charge in [0.15, 0.2) is 11.5 Å². The van der Waals surface area contributed by atoms with Crippen molar-refractivity contribution in [3.8, 4) is 17.2 Å². The quantitative estimate of drug-likeness (QED) is 0.907. The normalized spacial score (nSPS) is 16.5. The molecule has 4 nitrogen and oxygen atoms in total. The number of rotatable bonds is 5. The lowest BCUT2D eigenvalue weighted by atomic mass is 10.3. The standard InChI is InChI=1S/C12H15BrO4/c1-15-9-4-3-8(13)10(11(9)16-2)17-7-12(14)5-6-12/h3-4,14H,5-7H2,1-2H3. The number of halogens is 1. The average Bonchev–Trinajstić information content (AvgIpc) is 3.05. The van der Waals surface area contributed by atoms with E-state index in [4.69, 9.17) is 14.2 Å². The van der Waals surface area contributed by atoms with Crippen LogP contribution < -0.4 is 14.2 Å². The summed E-state index contributed by atoms with van der Waals surface area (Å²) in [7, 11) is 3.13. The largest absolute Gasteiger partial charge is 0.493 e. The summed E-state index contributed by atoms with van der Waals surface area (Å²) in [5.41, 5.74) is -0.659. The Morgan fingerprint density at radius 3 is 2.47 bits per heavy atom. The van der Waals surface area contributed by atoms with Gasteiger partial charge in [0, 0.05) is 0 Å². The maximum absolute atomic E-state index is 9.76. The summed E-state index contributed by atoms with van der Waals surface area (Å²) in [5.74, 6) is 1.70. The first kappa shape index (κ1) is 12.5. The molecule has 0 bridgehead atoms. The molecule has 94 valence electrons. The van der Waals surface area contributed by atoms with Gasteiger partial charge >= 0.3 is 0 Å². The molecule has 0 saturated heterocycles. The van der Waals surface area contributed by atoms with Gasteiger partial charge in [-0.15, -0.1) is 0 Å². The van der Waals surface area contributed by atoms with E-state index in [9.17, 15) is 5.11 Å². The molecule has 0 spiro atoms. The lowest BCUT2D eigenvalue weighted by molar-refractivity contribution is 0.0835. The average molecular weight is 303 g/mol. The van der Waals surface area contributed by atoms with Crippen LogP contribution in [0.25, 0.3) is 0 Å². The fraction of sp³-hybridized carbons (Fsp3) is 0.500. The zero-order valence-corrected chi connectivity index (χ0v) is 11.4. The van der Waals surface area contributed by atoms with Crippen LogP contribution in [0.15, 0.2) is 16.6 Å². The minimum atomic E-state index is -0.659. The third-order valence-electron chi connectivity index (χ3n) is 2.76. The number of hydrogen-bond acceptors (Lipinski definition) is 4. The van der Waals surface area contributed by atoms with E-state index >= 15 is 0 Å². The van der Waals surface area contributed by atoms with E-state index in [0.29, 0.717) is 17.2 Å². The summed E-state index contributed by atoms with van der Waals surface area (Å²) in [6.07, 6.45) is 1.58. The molecule has 0 radical (unpaired) electrons. The molecular formula is C12H15BrO4. The van der Waals surface area contributed by atoms with Crippen molar-refractivity contribution in [3.05, 3.63) is 16.6 Å². The van der Waals surface area contributed by atoms with E-state index < -0.39 is 5.60 Å². The highest BCUT2D eigenvalue weighted by molar-refractivity contribution is 9.10. The highest BCUT2D eigenvalue weighted by atomic mass is 79.9. The van der Waals surface area contributed by atoms with Crippen LogP contribution in [0.5, 0.6) is 17.2 Å². The Morgan fingerprint density at radius 2 is 1.94 bits per heavy atom. The summed E-state index contributed by atoms with van der Waals surface area (Å²) < 4.78 is 16.9. The zero-order chi connectivity index (χ0) is 12.5. The number of benzene rings is 1. The van der Waals surface area contributed by atoms with E-state index in [1.165, 1.54) is 0 Å². The summed E-state index contributed by atoms with van der Waals surface area (Å²) in [6.45, 7) is 0.273. The first-order valence-corrected chi connectivity index (χ1v) is 6.14. The van der Waals surface area contributed by atoms with Crippen molar-refractivity contribution in [1.29, 1.82) is 0 Å². The Hall–Kier alpha value is -0.940. The van der Waals surface area contributed by atoms with Crippen molar-refractivity contribution in [3.63, 3.8) is 0 Å². The van der Waals surface area contributed by atoms with Gasteiger partial charge in [-0.1, -0.05) is 0 Å². The molecule has 1 aliphatic carbocycles. The van der Waals surface area contributed by atoms with Gasteiger partial charge in [-0.25, -0.2) is 0 Å². The van der Waals surface area contributed by atoms with Crippen molar-refractivity contribution in [2.24, 2.45) is 0 Å². The van der Waals surface area contributed by atoms with Gasteiger partial charge < -0.3 is 19.3 Å². The Bertz CT molecular complexity index is 415. The van der Waals surface area contributed by atoms with Crippen LogP contribution in [0.1, 0.15) is 12.8 Å². The van der Waals surface area contributed by atoms with Crippen molar-refractivity contribution in [2.75, 3.05) is 20.8 Å². The van der Waals surface area contributed by atoms with E-state index in [-0.39, 0.29) is 6.61 Å². The summed E-state index contributed by atoms with van der Waals surface area (Å²) in [4.78, 5) is 0. The number of methoxy groups -OCH3 is 2. The monoisotopic (exact) mass is 302 g/mol. The Labute approximate surface area is 109 Å². The SMILES string of the molecule is COc1ccc(Br)c(OCC2(O)CC2)c1OC. The lowest BCUT2D eigenvalue weighted by Gasteiger charge is -2.16. The molecule has 2 rings (SSSR count). The summed E-state index contributed by atoms with van der Waals surface area (Å²) in [5, 5.41) is 9.76. The fourth-order valence-electron chi connectivity index (χ4n) is 1.50. The number of ether oxygens (including phenoxy) is 3. The molecule has 1 aromatic carbocycles. The lowest BCUT2D eigenvalue weighted by Crippen LogP contribution is -2.19. The Balaban J connectivity index is 2.23. The molecule has 1 N–H and O–H groups in total. The molecule has 0 aliphatic heterocycles. The molecule has 0 heterocycles. The zero-order valence-electron chi connectivity index (χ0n) is 9.83. The Morgan fingerprint density at radius 1 is 1.24 bits per heavy atom.